The predicted octanol–water partition coefficient (Wildman–Crippen LogP) is 2.30. The quantitative estimate of drug-likeness (QED) is 0.569. The fourth-order valence-corrected chi connectivity index (χ4v) is 2.93. The second-order valence-electron chi connectivity index (χ2n) is 4.39. The Morgan fingerprint density at radius 3 is 2.77 bits per heavy atom. The molecule has 2 fully saturated rings. The summed E-state index contributed by atoms with van der Waals surface area (Å²) in [6.07, 6.45) is 6.14. The van der Waals surface area contributed by atoms with Gasteiger partial charge in [0.05, 0.1) is 12.0 Å². The van der Waals surface area contributed by atoms with Gasteiger partial charge in [0.25, 0.3) is 0 Å². The maximum Gasteiger partial charge on any atom is 0.134 e. The molecule has 2 aliphatic carbocycles. The molecule has 0 aromatic carbocycles. The smallest absolute Gasteiger partial charge is 0.134 e. The average Bonchev–Trinajstić information content (AvgIpc) is 2.16. The first-order chi connectivity index (χ1) is 6.31. The van der Waals surface area contributed by atoms with Crippen LogP contribution in [0.15, 0.2) is 0 Å². The van der Waals surface area contributed by atoms with E-state index >= 15 is 0 Å². The zero-order valence-electron chi connectivity index (χ0n) is 7.83. The van der Waals surface area contributed by atoms with Gasteiger partial charge in [0.2, 0.25) is 0 Å². The summed E-state index contributed by atoms with van der Waals surface area (Å²) in [5.41, 5.74) is 0. The molecule has 0 spiro atoms. The Morgan fingerprint density at radius 2 is 2.00 bits per heavy atom. The number of nitrogens with zero attached hydrogens (tertiary/aromatic N) is 1. The largest absolute Gasteiger partial charge is 0.300 e. The third-order valence-corrected chi connectivity index (χ3v) is 3.59. The lowest BCUT2D eigenvalue weighted by atomic mass is 9.65. The normalized spacial score (nSPS) is 39.3. The van der Waals surface area contributed by atoms with E-state index in [9.17, 15) is 4.79 Å². The molecule has 0 saturated heterocycles. The first-order valence-corrected chi connectivity index (χ1v) is 5.22. The third kappa shape index (κ3) is 1.60. The number of Topliss-reactive ketones (excluding diaryl/α,β-unsaturated/α-hetero) is 1. The minimum Gasteiger partial charge on any atom is -0.300 e. The highest BCUT2D eigenvalue weighted by molar-refractivity contribution is 5.80. The van der Waals surface area contributed by atoms with Gasteiger partial charge in [0, 0.05) is 12.8 Å². The maximum absolute atomic E-state index is 11.3. The molecule has 3 atom stereocenters. The monoisotopic (exact) mass is 177 g/mol. The van der Waals surface area contributed by atoms with E-state index in [0.29, 0.717) is 24.0 Å². The van der Waals surface area contributed by atoms with Crippen molar-refractivity contribution in [2.24, 2.45) is 17.8 Å². The number of hydrogen-bond donors (Lipinski definition) is 0. The molecule has 2 nitrogen and oxygen atoms in total. The molecule has 2 heteroatoms. The summed E-state index contributed by atoms with van der Waals surface area (Å²) in [7, 11) is 0. The molecular weight excluding hydrogens is 162 g/mol. The molecule has 2 aliphatic rings. The van der Waals surface area contributed by atoms with E-state index in [-0.39, 0.29) is 5.92 Å². The van der Waals surface area contributed by atoms with Gasteiger partial charge in [-0.2, -0.15) is 5.26 Å². The molecule has 2 rings (SSSR count). The van der Waals surface area contributed by atoms with Crippen LogP contribution in [-0.4, -0.2) is 5.78 Å². The van der Waals surface area contributed by atoms with Crippen LogP contribution in [0.1, 0.15) is 38.5 Å². The fourth-order valence-electron chi connectivity index (χ4n) is 2.93. The van der Waals surface area contributed by atoms with Crippen LogP contribution >= 0.6 is 0 Å². The molecule has 2 saturated carbocycles. The number of rotatable bonds is 0. The second-order valence-corrected chi connectivity index (χ2v) is 4.39. The number of fused-ring (bicyclic) bond motifs is 1. The number of carbonyl (C=O) groups is 1. The molecule has 0 amide bonds. The van der Waals surface area contributed by atoms with E-state index < -0.39 is 0 Å². The van der Waals surface area contributed by atoms with Crippen LogP contribution in [-0.2, 0) is 4.79 Å². The first-order valence-electron chi connectivity index (χ1n) is 5.22. The SMILES string of the molecule is N#C[C@H]1CC(=O)C[C@H]2CCCC[C@H]21. The van der Waals surface area contributed by atoms with E-state index in [1.807, 2.05) is 0 Å². The highest BCUT2D eigenvalue weighted by Gasteiger charge is 2.38. The van der Waals surface area contributed by atoms with Crippen molar-refractivity contribution in [3.63, 3.8) is 0 Å². The van der Waals surface area contributed by atoms with Crippen molar-refractivity contribution in [3.05, 3.63) is 0 Å². The zero-order valence-corrected chi connectivity index (χ0v) is 7.83. The van der Waals surface area contributed by atoms with Gasteiger partial charge >= 0.3 is 0 Å². The summed E-state index contributed by atoms with van der Waals surface area (Å²) >= 11 is 0. The van der Waals surface area contributed by atoms with Crippen LogP contribution in [0.5, 0.6) is 0 Å². The fraction of sp³-hybridized carbons (Fsp3) is 0.818. The van der Waals surface area contributed by atoms with Crippen LogP contribution in [0.3, 0.4) is 0 Å². The van der Waals surface area contributed by atoms with Crippen LogP contribution in [0, 0.1) is 29.1 Å². The van der Waals surface area contributed by atoms with Crippen molar-refractivity contribution in [3.8, 4) is 6.07 Å². The molecule has 0 aromatic heterocycles. The van der Waals surface area contributed by atoms with E-state index in [0.717, 1.165) is 6.42 Å². The number of nitriles is 1. The Morgan fingerprint density at radius 1 is 1.23 bits per heavy atom. The van der Waals surface area contributed by atoms with Gasteiger partial charge in [0.1, 0.15) is 5.78 Å². The Bertz CT molecular complexity index is 253. The summed E-state index contributed by atoms with van der Waals surface area (Å²) in [5, 5.41) is 8.95. The summed E-state index contributed by atoms with van der Waals surface area (Å²) in [6.45, 7) is 0. The van der Waals surface area contributed by atoms with Crippen LogP contribution < -0.4 is 0 Å². The van der Waals surface area contributed by atoms with Gasteiger partial charge in [-0.15, -0.1) is 0 Å². The van der Waals surface area contributed by atoms with E-state index in [4.69, 9.17) is 5.26 Å². The van der Waals surface area contributed by atoms with Gasteiger partial charge in [-0.25, -0.2) is 0 Å². The predicted molar refractivity (Wildman–Crippen MR) is 48.8 cm³/mol. The lowest BCUT2D eigenvalue weighted by Crippen LogP contribution is -2.34. The van der Waals surface area contributed by atoms with E-state index in [1.54, 1.807) is 0 Å². The zero-order chi connectivity index (χ0) is 9.26. The van der Waals surface area contributed by atoms with Crippen LogP contribution in [0.25, 0.3) is 0 Å². The molecule has 0 aliphatic heterocycles. The Hall–Kier alpha value is -0.840. The van der Waals surface area contributed by atoms with Crippen molar-refractivity contribution >= 4 is 5.78 Å². The van der Waals surface area contributed by atoms with Crippen molar-refractivity contribution in [1.82, 2.24) is 0 Å². The Balaban J connectivity index is 2.12. The van der Waals surface area contributed by atoms with Gasteiger partial charge in [-0.1, -0.05) is 12.8 Å². The minimum atomic E-state index is 0.0338. The topological polar surface area (TPSA) is 40.9 Å². The van der Waals surface area contributed by atoms with E-state index in [2.05, 4.69) is 6.07 Å². The van der Waals surface area contributed by atoms with Crippen LogP contribution in [0.4, 0.5) is 0 Å². The van der Waals surface area contributed by atoms with Gasteiger partial charge in [-0.05, 0) is 24.7 Å². The van der Waals surface area contributed by atoms with E-state index in [1.165, 1.54) is 25.7 Å². The summed E-state index contributed by atoms with van der Waals surface area (Å²) in [6, 6.07) is 2.31. The molecule has 0 bridgehead atoms. The standard InChI is InChI=1S/C11H15NO/c12-7-9-6-10(13)5-8-3-1-2-4-11(8)9/h8-9,11H,1-6H2/t8-,9-,11-/m1/s1. The first kappa shape index (κ1) is 8.74. The lowest BCUT2D eigenvalue weighted by molar-refractivity contribution is -0.124. The lowest BCUT2D eigenvalue weighted by Gasteiger charge is -2.37. The highest BCUT2D eigenvalue weighted by Crippen LogP contribution is 2.42. The molecular formula is C11H15NO. The Kier molecular flexibility index (Phi) is 2.35. The second kappa shape index (κ2) is 3.49. The molecule has 70 valence electrons. The summed E-state index contributed by atoms with van der Waals surface area (Å²) in [4.78, 5) is 11.3. The minimum absolute atomic E-state index is 0.0338. The molecule has 13 heavy (non-hydrogen) atoms. The average molecular weight is 177 g/mol. The highest BCUT2D eigenvalue weighted by atomic mass is 16.1. The maximum atomic E-state index is 11.3. The van der Waals surface area contributed by atoms with Crippen molar-refractivity contribution in [2.45, 2.75) is 38.5 Å². The summed E-state index contributed by atoms with van der Waals surface area (Å²) < 4.78 is 0. The van der Waals surface area contributed by atoms with Crippen LogP contribution in [0.2, 0.25) is 0 Å². The number of ketones is 1. The molecule has 0 unspecified atom stereocenters. The van der Waals surface area contributed by atoms with Gasteiger partial charge in [-0.3, -0.25) is 4.79 Å². The third-order valence-electron chi connectivity index (χ3n) is 3.59. The molecule has 0 N–H and O–H groups in total. The van der Waals surface area contributed by atoms with Gasteiger partial charge in [0.15, 0.2) is 0 Å². The molecule has 0 radical (unpaired) electrons. The van der Waals surface area contributed by atoms with Crippen molar-refractivity contribution < 1.29 is 4.79 Å². The number of carbonyl (C=O) groups excluding carboxylic acids is 1. The Labute approximate surface area is 78.9 Å². The van der Waals surface area contributed by atoms with Gasteiger partial charge < -0.3 is 0 Å². The van der Waals surface area contributed by atoms with Crippen molar-refractivity contribution in [2.75, 3.05) is 0 Å². The molecule has 0 aromatic rings. The van der Waals surface area contributed by atoms with Crippen molar-refractivity contribution in [1.29, 1.82) is 5.26 Å². The number of hydrogen-bond acceptors (Lipinski definition) is 2. The summed E-state index contributed by atoms with van der Waals surface area (Å²) in [5.74, 6) is 1.43. The molecule has 0 heterocycles.